The van der Waals surface area contributed by atoms with Gasteiger partial charge in [0, 0.05) is 22.7 Å². The van der Waals surface area contributed by atoms with E-state index in [0.29, 0.717) is 0 Å². The smallest absolute Gasteiger partial charge is 0.0408 e. The van der Waals surface area contributed by atoms with Crippen molar-refractivity contribution in [3.8, 4) is 0 Å². The average molecular weight is 242 g/mol. The van der Waals surface area contributed by atoms with Crippen molar-refractivity contribution in [2.24, 2.45) is 5.73 Å². The molecule has 0 aromatic heterocycles. The third-order valence-electron chi connectivity index (χ3n) is 3.15. The van der Waals surface area contributed by atoms with Gasteiger partial charge in [0.1, 0.15) is 0 Å². The number of benzene rings is 1. The van der Waals surface area contributed by atoms with Gasteiger partial charge < -0.3 is 5.73 Å². The summed E-state index contributed by atoms with van der Waals surface area (Å²) in [5.41, 5.74) is 7.43. The van der Waals surface area contributed by atoms with Crippen LogP contribution >= 0.6 is 23.4 Å². The first kappa shape index (κ1) is 11.3. The highest BCUT2D eigenvalue weighted by molar-refractivity contribution is 7.99. The van der Waals surface area contributed by atoms with Crippen molar-refractivity contribution < 1.29 is 0 Å². The van der Waals surface area contributed by atoms with Crippen molar-refractivity contribution >= 4 is 23.4 Å². The van der Waals surface area contributed by atoms with Gasteiger partial charge in [-0.2, -0.15) is 11.8 Å². The summed E-state index contributed by atoms with van der Waals surface area (Å²) in [5.74, 6) is 2.39. The lowest BCUT2D eigenvalue weighted by molar-refractivity contribution is 0.439. The molecular formula is C12H16ClNS. The second-order valence-electron chi connectivity index (χ2n) is 4.15. The van der Waals surface area contributed by atoms with E-state index in [-0.39, 0.29) is 5.41 Å². The van der Waals surface area contributed by atoms with E-state index >= 15 is 0 Å². The van der Waals surface area contributed by atoms with E-state index in [1.807, 2.05) is 23.9 Å². The van der Waals surface area contributed by atoms with Crippen LogP contribution in [0.3, 0.4) is 0 Å². The van der Waals surface area contributed by atoms with Crippen LogP contribution in [0.5, 0.6) is 0 Å². The highest BCUT2D eigenvalue weighted by atomic mass is 35.5. The number of thioether (sulfide) groups is 1. The Morgan fingerprint density at radius 2 is 2.33 bits per heavy atom. The maximum absolute atomic E-state index is 6.04. The number of hydrogen-bond donors (Lipinski definition) is 1. The molecule has 1 aromatic rings. The first-order chi connectivity index (χ1) is 7.27. The molecule has 1 saturated heterocycles. The van der Waals surface area contributed by atoms with Gasteiger partial charge in [-0.15, -0.1) is 0 Å². The van der Waals surface area contributed by atoms with E-state index in [1.54, 1.807) is 0 Å². The van der Waals surface area contributed by atoms with Gasteiger partial charge in [-0.05, 0) is 36.3 Å². The summed E-state index contributed by atoms with van der Waals surface area (Å²) >= 11 is 8.04. The van der Waals surface area contributed by atoms with Crippen LogP contribution in [0, 0.1) is 0 Å². The molecule has 1 aliphatic rings. The van der Waals surface area contributed by atoms with Gasteiger partial charge in [0.25, 0.3) is 0 Å². The lowest BCUT2D eigenvalue weighted by atomic mass is 9.78. The molecular weight excluding hydrogens is 226 g/mol. The molecule has 0 spiro atoms. The minimum atomic E-state index is 0.161. The lowest BCUT2D eigenvalue weighted by Gasteiger charge is -2.36. The Morgan fingerprint density at radius 3 is 2.93 bits per heavy atom. The quantitative estimate of drug-likeness (QED) is 0.861. The fourth-order valence-electron chi connectivity index (χ4n) is 2.18. The molecule has 1 atom stereocenters. The molecule has 2 N–H and O–H groups in total. The van der Waals surface area contributed by atoms with Crippen molar-refractivity contribution in [3.05, 3.63) is 34.9 Å². The molecule has 1 nitrogen and oxygen atoms in total. The van der Waals surface area contributed by atoms with Crippen LogP contribution in [0.2, 0.25) is 5.02 Å². The van der Waals surface area contributed by atoms with E-state index in [1.165, 1.54) is 24.2 Å². The van der Waals surface area contributed by atoms with E-state index in [0.717, 1.165) is 17.3 Å². The van der Waals surface area contributed by atoms with E-state index in [2.05, 4.69) is 12.1 Å². The molecule has 0 aliphatic carbocycles. The molecule has 1 heterocycles. The van der Waals surface area contributed by atoms with Crippen LogP contribution in [0.25, 0.3) is 0 Å². The van der Waals surface area contributed by atoms with Crippen LogP contribution in [0.15, 0.2) is 24.3 Å². The van der Waals surface area contributed by atoms with Crippen molar-refractivity contribution in [2.75, 3.05) is 18.1 Å². The Kier molecular flexibility index (Phi) is 3.60. The average Bonchev–Trinajstić information content (AvgIpc) is 2.30. The minimum absolute atomic E-state index is 0.161. The SMILES string of the molecule is NCC1(c2cccc(Cl)c2)CCCSC1. The van der Waals surface area contributed by atoms with Gasteiger partial charge in [0.15, 0.2) is 0 Å². The van der Waals surface area contributed by atoms with Crippen LogP contribution in [0.4, 0.5) is 0 Å². The number of rotatable bonds is 2. The molecule has 2 rings (SSSR count). The summed E-state index contributed by atoms with van der Waals surface area (Å²) in [4.78, 5) is 0. The molecule has 82 valence electrons. The predicted octanol–water partition coefficient (Wildman–Crippen LogP) is 3.06. The van der Waals surface area contributed by atoms with Gasteiger partial charge in [0.2, 0.25) is 0 Å². The largest absolute Gasteiger partial charge is 0.330 e. The molecule has 0 radical (unpaired) electrons. The Balaban J connectivity index is 2.32. The van der Waals surface area contributed by atoms with E-state index in [4.69, 9.17) is 17.3 Å². The Bertz CT molecular complexity index is 334. The van der Waals surface area contributed by atoms with Gasteiger partial charge in [0.05, 0.1) is 0 Å². The van der Waals surface area contributed by atoms with Crippen molar-refractivity contribution in [2.45, 2.75) is 18.3 Å². The standard InChI is InChI=1S/C12H16ClNS/c13-11-4-1-3-10(7-11)12(8-14)5-2-6-15-9-12/h1,3-4,7H,2,5-6,8-9,14H2. The maximum atomic E-state index is 6.04. The van der Waals surface area contributed by atoms with Gasteiger partial charge in [-0.3, -0.25) is 0 Å². The number of nitrogens with two attached hydrogens (primary N) is 1. The van der Waals surface area contributed by atoms with E-state index < -0.39 is 0 Å². The zero-order valence-corrected chi connectivity index (χ0v) is 10.3. The monoisotopic (exact) mass is 241 g/mol. The molecule has 3 heteroatoms. The fraction of sp³-hybridized carbons (Fsp3) is 0.500. The summed E-state index contributed by atoms with van der Waals surface area (Å²) in [6.45, 7) is 0.723. The first-order valence-corrected chi connectivity index (χ1v) is 6.84. The Hall–Kier alpha value is -0.180. The lowest BCUT2D eigenvalue weighted by Crippen LogP contribution is -2.39. The number of hydrogen-bond acceptors (Lipinski definition) is 2. The topological polar surface area (TPSA) is 26.0 Å². The third kappa shape index (κ3) is 2.32. The van der Waals surface area contributed by atoms with Crippen LogP contribution in [-0.4, -0.2) is 18.1 Å². The van der Waals surface area contributed by atoms with Gasteiger partial charge in [-0.1, -0.05) is 23.7 Å². The normalized spacial score (nSPS) is 26.5. The molecule has 0 bridgehead atoms. The van der Waals surface area contributed by atoms with Gasteiger partial charge >= 0.3 is 0 Å². The Morgan fingerprint density at radius 1 is 1.47 bits per heavy atom. The second kappa shape index (κ2) is 4.77. The second-order valence-corrected chi connectivity index (χ2v) is 5.69. The first-order valence-electron chi connectivity index (χ1n) is 5.31. The maximum Gasteiger partial charge on any atom is 0.0408 e. The van der Waals surface area contributed by atoms with Crippen molar-refractivity contribution in [1.82, 2.24) is 0 Å². The van der Waals surface area contributed by atoms with Crippen molar-refractivity contribution in [1.29, 1.82) is 0 Å². The summed E-state index contributed by atoms with van der Waals surface area (Å²) < 4.78 is 0. The highest BCUT2D eigenvalue weighted by Crippen LogP contribution is 2.37. The van der Waals surface area contributed by atoms with E-state index in [9.17, 15) is 0 Å². The molecule has 0 saturated carbocycles. The molecule has 1 aliphatic heterocycles. The van der Waals surface area contributed by atoms with Crippen LogP contribution in [-0.2, 0) is 5.41 Å². The highest BCUT2D eigenvalue weighted by Gasteiger charge is 2.32. The zero-order valence-electron chi connectivity index (χ0n) is 8.71. The van der Waals surface area contributed by atoms with Crippen molar-refractivity contribution in [3.63, 3.8) is 0 Å². The van der Waals surface area contributed by atoms with Crippen LogP contribution in [0.1, 0.15) is 18.4 Å². The third-order valence-corrected chi connectivity index (χ3v) is 4.72. The molecule has 1 fully saturated rings. The molecule has 15 heavy (non-hydrogen) atoms. The van der Waals surface area contributed by atoms with Gasteiger partial charge in [-0.25, -0.2) is 0 Å². The summed E-state index contributed by atoms with van der Waals surface area (Å²) in [6.07, 6.45) is 2.45. The molecule has 0 amide bonds. The zero-order chi connectivity index (χ0) is 10.7. The summed E-state index contributed by atoms with van der Waals surface area (Å²) in [5, 5.41) is 0.816. The molecule has 1 unspecified atom stereocenters. The number of halogens is 1. The fourth-order valence-corrected chi connectivity index (χ4v) is 3.68. The Labute approximate surface area is 100 Å². The summed E-state index contributed by atoms with van der Waals surface area (Å²) in [6, 6.07) is 8.17. The predicted molar refractivity (Wildman–Crippen MR) is 68.7 cm³/mol. The molecule has 1 aromatic carbocycles. The minimum Gasteiger partial charge on any atom is -0.330 e. The summed E-state index contributed by atoms with van der Waals surface area (Å²) in [7, 11) is 0. The van der Waals surface area contributed by atoms with Crippen LogP contribution < -0.4 is 5.73 Å².